The number of aliphatic imine (C=N–C) groups is 1. The quantitative estimate of drug-likeness (QED) is 0.742. The number of hydrogen-bond donors (Lipinski definition) is 0. The van der Waals surface area contributed by atoms with Gasteiger partial charge < -0.3 is 4.90 Å². The molecule has 0 spiro atoms. The van der Waals surface area contributed by atoms with Gasteiger partial charge in [-0.2, -0.15) is 0 Å². The van der Waals surface area contributed by atoms with E-state index in [-0.39, 0.29) is 0 Å². The van der Waals surface area contributed by atoms with Crippen LogP contribution in [-0.2, 0) is 0 Å². The molecule has 0 aliphatic carbocycles. The van der Waals surface area contributed by atoms with Crippen molar-refractivity contribution in [3.05, 3.63) is 40.0 Å². The van der Waals surface area contributed by atoms with Crippen LogP contribution in [0.2, 0.25) is 10.0 Å². The normalized spacial score (nSPS) is 17.3. The highest BCUT2D eigenvalue weighted by atomic mass is 35.5. The van der Waals surface area contributed by atoms with Gasteiger partial charge in [0.15, 0.2) is 0 Å². The van der Waals surface area contributed by atoms with Gasteiger partial charge in [-0.05, 0) is 32.4 Å². The summed E-state index contributed by atoms with van der Waals surface area (Å²) in [7, 11) is 0. The van der Waals surface area contributed by atoms with Gasteiger partial charge in [0.05, 0.1) is 10.0 Å². The van der Waals surface area contributed by atoms with Crippen LogP contribution in [0.4, 0.5) is 5.69 Å². The second kappa shape index (κ2) is 5.77. The molecule has 2 rings (SSSR count). The third kappa shape index (κ3) is 3.06. The molecule has 0 saturated carbocycles. The Kier molecular flexibility index (Phi) is 4.31. The molecule has 4 heteroatoms. The number of allylic oxidation sites excluding steroid dienone is 1. The molecule has 0 radical (unpaired) electrons. The van der Waals surface area contributed by atoms with Crippen molar-refractivity contribution in [1.29, 1.82) is 0 Å². The van der Waals surface area contributed by atoms with Gasteiger partial charge >= 0.3 is 0 Å². The maximum atomic E-state index is 6.14. The Morgan fingerprint density at radius 1 is 1.28 bits per heavy atom. The van der Waals surface area contributed by atoms with Crippen LogP contribution in [0.1, 0.15) is 26.7 Å². The van der Waals surface area contributed by atoms with Crippen LogP contribution >= 0.6 is 23.2 Å². The summed E-state index contributed by atoms with van der Waals surface area (Å²) in [5.74, 6) is 1.03. The SMILES string of the molecule is CC(C)=CN1CCCC1=Nc1c(Cl)cccc1Cl. The first-order chi connectivity index (χ1) is 8.58. The van der Waals surface area contributed by atoms with Crippen molar-refractivity contribution in [2.75, 3.05) is 6.54 Å². The highest BCUT2D eigenvalue weighted by Gasteiger charge is 2.17. The summed E-state index contributed by atoms with van der Waals surface area (Å²) < 4.78 is 0. The zero-order chi connectivity index (χ0) is 13.1. The lowest BCUT2D eigenvalue weighted by Gasteiger charge is -2.15. The Morgan fingerprint density at radius 2 is 1.94 bits per heavy atom. The van der Waals surface area contributed by atoms with Crippen molar-refractivity contribution in [3.63, 3.8) is 0 Å². The Labute approximate surface area is 118 Å². The first-order valence-electron chi connectivity index (χ1n) is 6.01. The lowest BCUT2D eigenvalue weighted by molar-refractivity contribution is 0.598. The van der Waals surface area contributed by atoms with Gasteiger partial charge in [0.1, 0.15) is 11.5 Å². The summed E-state index contributed by atoms with van der Waals surface area (Å²) in [4.78, 5) is 6.80. The number of nitrogens with zero attached hydrogens (tertiary/aromatic N) is 2. The molecule has 1 aliphatic rings. The van der Waals surface area contributed by atoms with Crippen LogP contribution in [0.5, 0.6) is 0 Å². The van der Waals surface area contributed by atoms with Gasteiger partial charge in [0, 0.05) is 19.2 Å². The van der Waals surface area contributed by atoms with Crippen LogP contribution in [0.25, 0.3) is 0 Å². The van der Waals surface area contributed by atoms with Crippen LogP contribution in [-0.4, -0.2) is 17.3 Å². The van der Waals surface area contributed by atoms with Gasteiger partial charge in [-0.25, -0.2) is 4.99 Å². The van der Waals surface area contributed by atoms with Crippen molar-refractivity contribution >= 4 is 34.7 Å². The molecule has 18 heavy (non-hydrogen) atoms. The first-order valence-corrected chi connectivity index (χ1v) is 6.77. The average Bonchev–Trinajstić information content (AvgIpc) is 2.70. The molecule has 0 unspecified atom stereocenters. The maximum Gasteiger partial charge on any atom is 0.109 e. The van der Waals surface area contributed by atoms with Crippen LogP contribution in [0.3, 0.4) is 0 Å². The van der Waals surface area contributed by atoms with Crippen LogP contribution in [0.15, 0.2) is 35.0 Å². The molecule has 0 atom stereocenters. The molecule has 1 aromatic rings. The zero-order valence-electron chi connectivity index (χ0n) is 10.6. The zero-order valence-corrected chi connectivity index (χ0v) is 12.1. The second-order valence-electron chi connectivity index (χ2n) is 4.60. The smallest absolute Gasteiger partial charge is 0.109 e. The topological polar surface area (TPSA) is 15.6 Å². The number of halogens is 2. The van der Waals surface area contributed by atoms with E-state index in [9.17, 15) is 0 Å². The minimum atomic E-state index is 0.596. The minimum absolute atomic E-state index is 0.596. The van der Waals surface area contributed by atoms with Gasteiger partial charge in [0.2, 0.25) is 0 Å². The Bertz CT molecular complexity index is 482. The summed E-state index contributed by atoms with van der Waals surface area (Å²) in [5, 5.41) is 1.19. The van der Waals surface area contributed by atoms with E-state index < -0.39 is 0 Å². The average molecular weight is 283 g/mol. The van der Waals surface area contributed by atoms with Crippen molar-refractivity contribution in [1.82, 2.24) is 4.90 Å². The van der Waals surface area contributed by atoms with Crippen molar-refractivity contribution < 1.29 is 0 Å². The number of para-hydroxylation sites is 1. The summed E-state index contributed by atoms with van der Waals surface area (Å²) in [6.45, 7) is 5.17. The van der Waals surface area contributed by atoms with Crippen molar-refractivity contribution in [2.24, 2.45) is 4.99 Å². The second-order valence-corrected chi connectivity index (χ2v) is 5.42. The molecule has 1 heterocycles. The maximum absolute atomic E-state index is 6.14. The third-order valence-electron chi connectivity index (χ3n) is 2.72. The van der Waals surface area contributed by atoms with E-state index in [2.05, 4.69) is 29.9 Å². The molecule has 0 bridgehead atoms. The Morgan fingerprint density at radius 3 is 2.56 bits per heavy atom. The number of hydrogen-bond acceptors (Lipinski definition) is 1. The van der Waals surface area contributed by atoms with Gasteiger partial charge in [-0.15, -0.1) is 0 Å². The molecule has 0 N–H and O–H groups in total. The first kappa shape index (κ1) is 13.4. The van der Waals surface area contributed by atoms with Crippen LogP contribution in [0, 0.1) is 0 Å². The molecular formula is C14H16Cl2N2. The third-order valence-corrected chi connectivity index (χ3v) is 3.33. The standard InChI is InChI=1S/C14H16Cl2N2/c1-10(2)9-18-8-4-7-13(18)17-14-11(15)5-3-6-12(14)16/h3,5-6,9H,4,7-8H2,1-2H3. The lowest BCUT2D eigenvalue weighted by Crippen LogP contribution is -2.18. The molecular weight excluding hydrogens is 267 g/mol. The van der Waals surface area contributed by atoms with Crippen LogP contribution < -0.4 is 0 Å². The van der Waals surface area contributed by atoms with Gasteiger partial charge in [-0.1, -0.05) is 34.8 Å². The number of amidine groups is 1. The fraction of sp³-hybridized carbons (Fsp3) is 0.357. The van der Waals surface area contributed by atoms with E-state index in [1.807, 2.05) is 18.2 Å². The Balaban J connectivity index is 2.35. The largest absolute Gasteiger partial charge is 0.337 e. The minimum Gasteiger partial charge on any atom is -0.337 e. The summed E-state index contributed by atoms with van der Waals surface area (Å²) in [6.07, 6.45) is 4.20. The highest BCUT2D eigenvalue weighted by Crippen LogP contribution is 2.34. The van der Waals surface area contributed by atoms with E-state index in [1.165, 1.54) is 5.57 Å². The highest BCUT2D eigenvalue weighted by molar-refractivity contribution is 6.38. The summed E-state index contributed by atoms with van der Waals surface area (Å²) >= 11 is 12.3. The molecule has 1 fully saturated rings. The van der Waals surface area contributed by atoms with Crippen molar-refractivity contribution in [3.8, 4) is 0 Å². The number of likely N-dealkylation sites (tertiary alicyclic amines) is 1. The van der Waals surface area contributed by atoms with E-state index in [4.69, 9.17) is 23.2 Å². The predicted molar refractivity (Wildman–Crippen MR) is 78.9 cm³/mol. The summed E-state index contributed by atoms with van der Waals surface area (Å²) in [5.41, 5.74) is 1.93. The molecule has 0 aromatic heterocycles. The summed E-state index contributed by atoms with van der Waals surface area (Å²) in [6, 6.07) is 5.46. The fourth-order valence-electron chi connectivity index (χ4n) is 1.98. The molecule has 2 nitrogen and oxygen atoms in total. The number of rotatable bonds is 2. The van der Waals surface area contributed by atoms with E-state index in [0.717, 1.165) is 25.2 Å². The molecule has 0 amide bonds. The Hall–Kier alpha value is -0.990. The van der Waals surface area contributed by atoms with E-state index in [0.29, 0.717) is 15.7 Å². The van der Waals surface area contributed by atoms with E-state index in [1.54, 1.807) is 0 Å². The molecule has 1 saturated heterocycles. The van der Waals surface area contributed by atoms with E-state index >= 15 is 0 Å². The van der Waals surface area contributed by atoms with Crippen molar-refractivity contribution in [2.45, 2.75) is 26.7 Å². The molecule has 96 valence electrons. The fourth-order valence-corrected chi connectivity index (χ4v) is 2.46. The molecule has 1 aliphatic heterocycles. The monoisotopic (exact) mass is 282 g/mol. The lowest BCUT2D eigenvalue weighted by atomic mass is 10.3. The van der Waals surface area contributed by atoms with Gasteiger partial charge in [-0.3, -0.25) is 0 Å². The van der Waals surface area contributed by atoms with Gasteiger partial charge in [0.25, 0.3) is 0 Å². The predicted octanol–water partition coefficient (Wildman–Crippen LogP) is 5.04. The number of benzene rings is 1. The molecule has 1 aromatic carbocycles.